The molecule has 29 heavy (non-hydrogen) atoms. The fraction of sp³-hybridized carbons (Fsp3) is 0.304. The Bertz CT molecular complexity index is 919. The van der Waals surface area contributed by atoms with Crippen molar-refractivity contribution in [2.24, 2.45) is 0 Å². The molecule has 0 spiro atoms. The van der Waals surface area contributed by atoms with Gasteiger partial charge in [0.05, 0.1) is 6.61 Å². The van der Waals surface area contributed by atoms with Gasteiger partial charge < -0.3 is 20.1 Å². The Morgan fingerprint density at radius 3 is 2.69 bits per heavy atom. The highest BCUT2D eigenvalue weighted by Gasteiger charge is 2.21. The molecule has 2 aromatic carbocycles. The van der Waals surface area contributed by atoms with E-state index in [1.807, 2.05) is 38.1 Å². The summed E-state index contributed by atoms with van der Waals surface area (Å²) in [5, 5.41) is 5.42. The van der Waals surface area contributed by atoms with Crippen molar-refractivity contribution < 1.29 is 19.1 Å². The Kier molecular flexibility index (Phi) is 6.54. The number of hydrogen-bond acceptors (Lipinski definition) is 4. The number of benzene rings is 2. The van der Waals surface area contributed by atoms with Gasteiger partial charge in [-0.25, -0.2) is 0 Å². The van der Waals surface area contributed by atoms with Crippen molar-refractivity contribution in [2.45, 2.75) is 32.9 Å². The molecule has 152 valence electrons. The molecule has 1 aliphatic rings. The number of carbonyl (C=O) groups excluding carboxylic acids is 2. The molecule has 3 rings (SSSR count). The van der Waals surface area contributed by atoms with Gasteiger partial charge in [-0.3, -0.25) is 9.59 Å². The van der Waals surface area contributed by atoms with E-state index in [0.717, 1.165) is 34.6 Å². The van der Waals surface area contributed by atoms with Crippen LogP contribution < -0.4 is 20.1 Å². The summed E-state index contributed by atoms with van der Waals surface area (Å²) in [7, 11) is 1.59. The molecule has 6 nitrogen and oxygen atoms in total. The average molecular weight is 394 g/mol. The maximum atomic E-state index is 12.2. The van der Waals surface area contributed by atoms with E-state index in [1.54, 1.807) is 25.3 Å². The van der Waals surface area contributed by atoms with Gasteiger partial charge in [-0.05, 0) is 49.8 Å². The van der Waals surface area contributed by atoms with Crippen LogP contribution in [0.1, 0.15) is 40.9 Å². The van der Waals surface area contributed by atoms with Crippen LogP contribution in [0, 0.1) is 0 Å². The van der Waals surface area contributed by atoms with Crippen LogP contribution >= 0.6 is 0 Å². The van der Waals surface area contributed by atoms with Crippen LogP contribution in [0.2, 0.25) is 0 Å². The molecule has 2 N–H and O–H groups in total. The van der Waals surface area contributed by atoms with E-state index < -0.39 is 0 Å². The average Bonchev–Trinajstić information content (AvgIpc) is 3.09. The summed E-state index contributed by atoms with van der Waals surface area (Å²) in [6.07, 6.45) is 4.23. The molecule has 0 saturated heterocycles. The van der Waals surface area contributed by atoms with E-state index in [4.69, 9.17) is 9.47 Å². The van der Waals surface area contributed by atoms with E-state index in [1.165, 1.54) is 6.08 Å². The molecule has 6 heteroatoms. The molecule has 1 atom stereocenters. The molecule has 0 saturated carbocycles. The van der Waals surface area contributed by atoms with E-state index in [2.05, 4.69) is 10.6 Å². The first-order chi connectivity index (χ1) is 14.0. The van der Waals surface area contributed by atoms with Crippen molar-refractivity contribution in [3.8, 4) is 11.5 Å². The van der Waals surface area contributed by atoms with Crippen LogP contribution in [-0.2, 0) is 17.8 Å². The molecular weight excluding hydrogens is 368 g/mol. The maximum absolute atomic E-state index is 12.2. The van der Waals surface area contributed by atoms with Gasteiger partial charge in [0.2, 0.25) is 5.91 Å². The maximum Gasteiger partial charge on any atom is 0.251 e. The highest BCUT2D eigenvalue weighted by atomic mass is 16.5. The van der Waals surface area contributed by atoms with Gasteiger partial charge in [-0.2, -0.15) is 0 Å². The van der Waals surface area contributed by atoms with Crippen molar-refractivity contribution in [2.75, 3.05) is 13.7 Å². The van der Waals surface area contributed by atoms with Gasteiger partial charge in [0, 0.05) is 42.8 Å². The number of hydrogen-bond donors (Lipinski definition) is 2. The quantitative estimate of drug-likeness (QED) is 0.708. The number of fused-ring (bicyclic) bond motifs is 1. The fourth-order valence-corrected chi connectivity index (χ4v) is 3.20. The van der Waals surface area contributed by atoms with Gasteiger partial charge in [0.25, 0.3) is 5.91 Å². The highest BCUT2D eigenvalue weighted by Crippen LogP contribution is 2.35. The molecule has 1 aliphatic heterocycles. The van der Waals surface area contributed by atoms with Gasteiger partial charge in [-0.15, -0.1) is 0 Å². The first-order valence-electron chi connectivity index (χ1n) is 9.73. The zero-order chi connectivity index (χ0) is 20.8. The lowest BCUT2D eigenvalue weighted by atomic mass is 10.1. The summed E-state index contributed by atoms with van der Waals surface area (Å²) >= 11 is 0. The lowest BCUT2D eigenvalue weighted by molar-refractivity contribution is -0.116. The van der Waals surface area contributed by atoms with E-state index in [-0.39, 0.29) is 17.9 Å². The zero-order valence-corrected chi connectivity index (χ0v) is 17.0. The molecular formula is C23H26N2O4. The highest BCUT2D eigenvalue weighted by molar-refractivity contribution is 5.94. The summed E-state index contributed by atoms with van der Waals surface area (Å²) in [5.41, 5.74) is 3.43. The Morgan fingerprint density at radius 2 is 2.00 bits per heavy atom. The summed E-state index contributed by atoms with van der Waals surface area (Å²) in [4.78, 5) is 23.8. The molecule has 1 unspecified atom stereocenters. The summed E-state index contributed by atoms with van der Waals surface area (Å²) in [6.45, 7) is 4.89. The predicted octanol–water partition coefficient (Wildman–Crippen LogP) is 3.10. The molecule has 0 aromatic heterocycles. The predicted molar refractivity (Wildman–Crippen MR) is 112 cm³/mol. The molecule has 0 aliphatic carbocycles. The van der Waals surface area contributed by atoms with Crippen LogP contribution in [0.15, 0.2) is 42.5 Å². The van der Waals surface area contributed by atoms with Crippen molar-refractivity contribution in [3.05, 3.63) is 64.7 Å². The van der Waals surface area contributed by atoms with Gasteiger partial charge in [-0.1, -0.05) is 12.1 Å². The SMILES string of the molecule is CCOc1cc2c(cc1/C=C/C(=O)NCc1ccc(C(=O)NC)cc1)OC(C)C2. The molecule has 0 radical (unpaired) electrons. The number of carbonyl (C=O) groups is 2. The largest absolute Gasteiger partial charge is 0.493 e. The Balaban J connectivity index is 1.63. The van der Waals surface area contributed by atoms with E-state index >= 15 is 0 Å². The van der Waals surface area contributed by atoms with Crippen LogP contribution in [0.4, 0.5) is 0 Å². The van der Waals surface area contributed by atoms with E-state index in [0.29, 0.717) is 18.7 Å². The smallest absolute Gasteiger partial charge is 0.251 e. The van der Waals surface area contributed by atoms with Crippen LogP contribution in [0.25, 0.3) is 6.08 Å². The van der Waals surface area contributed by atoms with Gasteiger partial charge in [0.1, 0.15) is 17.6 Å². The molecule has 2 aromatic rings. The zero-order valence-electron chi connectivity index (χ0n) is 17.0. The molecule has 0 fully saturated rings. The van der Waals surface area contributed by atoms with Crippen LogP contribution in [-0.4, -0.2) is 31.6 Å². The normalized spacial score (nSPS) is 14.9. The summed E-state index contributed by atoms with van der Waals surface area (Å²) < 4.78 is 11.5. The first-order valence-corrected chi connectivity index (χ1v) is 9.73. The van der Waals surface area contributed by atoms with Crippen molar-refractivity contribution in [1.29, 1.82) is 0 Å². The van der Waals surface area contributed by atoms with Crippen LogP contribution in [0.3, 0.4) is 0 Å². The molecule has 2 amide bonds. The lowest BCUT2D eigenvalue weighted by Crippen LogP contribution is -2.20. The van der Waals surface area contributed by atoms with Crippen molar-refractivity contribution in [1.82, 2.24) is 10.6 Å². The standard InChI is InChI=1S/C23H26N2O4/c1-4-28-20-13-19-11-15(2)29-21(19)12-18(20)9-10-22(26)25-14-16-5-7-17(8-6-16)23(27)24-3/h5-10,12-13,15H,4,11,14H2,1-3H3,(H,24,27)(H,25,26)/b10-9+. The number of amides is 2. The summed E-state index contributed by atoms with van der Waals surface area (Å²) in [6, 6.07) is 11.0. The minimum atomic E-state index is -0.211. The van der Waals surface area contributed by atoms with Gasteiger partial charge in [0.15, 0.2) is 0 Å². The Hall–Kier alpha value is -3.28. The fourth-order valence-electron chi connectivity index (χ4n) is 3.20. The number of nitrogens with one attached hydrogen (secondary N) is 2. The molecule has 0 bridgehead atoms. The third-order valence-electron chi connectivity index (χ3n) is 4.65. The van der Waals surface area contributed by atoms with Crippen molar-refractivity contribution >= 4 is 17.9 Å². The number of rotatable bonds is 7. The van der Waals surface area contributed by atoms with E-state index in [9.17, 15) is 9.59 Å². The monoisotopic (exact) mass is 394 g/mol. The third-order valence-corrected chi connectivity index (χ3v) is 4.65. The first kappa shape index (κ1) is 20.5. The molecule has 1 heterocycles. The summed E-state index contributed by atoms with van der Waals surface area (Å²) in [5.74, 6) is 1.24. The second-order valence-corrected chi connectivity index (χ2v) is 6.89. The minimum absolute atomic E-state index is 0.138. The lowest BCUT2D eigenvalue weighted by Gasteiger charge is -2.10. The third kappa shape index (κ3) is 5.16. The Morgan fingerprint density at radius 1 is 1.24 bits per heavy atom. The Labute approximate surface area is 170 Å². The van der Waals surface area contributed by atoms with Gasteiger partial charge >= 0.3 is 0 Å². The van der Waals surface area contributed by atoms with Crippen molar-refractivity contribution in [3.63, 3.8) is 0 Å². The second-order valence-electron chi connectivity index (χ2n) is 6.89. The number of ether oxygens (including phenoxy) is 2. The van der Waals surface area contributed by atoms with Crippen LogP contribution in [0.5, 0.6) is 11.5 Å². The second kappa shape index (κ2) is 9.28. The topological polar surface area (TPSA) is 76.7 Å². The minimum Gasteiger partial charge on any atom is -0.493 e.